The second kappa shape index (κ2) is 8.72. The van der Waals surface area contributed by atoms with E-state index in [4.69, 9.17) is 14.2 Å². The molecular weight excluding hydrogens is 471 g/mol. The van der Waals surface area contributed by atoms with Gasteiger partial charge in [0.2, 0.25) is 0 Å². The molecule has 0 atom stereocenters. The number of carbonyl (C=O) groups excluding carboxylic acids is 1. The summed E-state index contributed by atoms with van der Waals surface area (Å²) in [5.41, 5.74) is 0.362. The lowest BCUT2D eigenvalue weighted by Crippen LogP contribution is -2.15. The minimum Gasteiger partial charge on any atom is -0.495 e. The maximum Gasteiger partial charge on any atom is 0.342 e. The Labute approximate surface area is 166 Å². The first-order chi connectivity index (χ1) is 12.4. The smallest absolute Gasteiger partial charge is 0.342 e. The summed E-state index contributed by atoms with van der Waals surface area (Å²) in [6.45, 7) is 1.84. The summed E-state index contributed by atoms with van der Waals surface area (Å²) in [6, 6.07) is 9.60. The lowest BCUT2D eigenvalue weighted by molar-refractivity contribution is 0.0521. The Hall–Kier alpha value is -1.81. The van der Waals surface area contributed by atoms with E-state index in [-0.39, 0.29) is 34.1 Å². The van der Waals surface area contributed by atoms with Gasteiger partial charge in [0.05, 0.1) is 35.0 Å². The molecule has 0 fully saturated rings. The van der Waals surface area contributed by atoms with Crippen LogP contribution in [0.5, 0.6) is 11.5 Å². The Morgan fingerprint density at radius 2 is 1.77 bits per heavy atom. The molecule has 26 heavy (non-hydrogen) atoms. The third-order valence-corrected chi connectivity index (χ3v) is 6.32. The van der Waals surface area contributed by atoms with Crippen LogP contribution in [0.25, 0.3) is 0 Å². The molecule has 0 unspecified atom stereocenters. The molecule has 6 nitrogen and oxygen atoms in total. The molecule has 140 valence electrons. The van der Waals surface area contributed by atoms with E-state index < -0.39 is 15.8 Å². The first kappa shape index (κ1) is 20.5. The maximum absolute atomic E-state index is 12.8. The second-order valence-electron chi connectivity index (χ2n) is 5.25. The average Bonchev–Trinajstić information content (AvgIpc) is 2.63. The standard InChI is InChI=1S/C18H19IO6S/c1-4-25-18(20)15-12(10-14(23-2)16(19)17(15)24-3)11-26(21,22)13-8-6-5-7-9-13/h5-10H,4,11H2,1-3H3. The topological polar surface area (TPSA) is 78.9 Å². The number of carbonyl (C=O) groups is 1. The maximum atomic E-state index is 12.8. The molecule has 0 saturated heterocycles. The van der Waals surface area contributed by atoms with E-state index >= 15 is 0 Å². The summed E-state index contributed by atoms with van der Waals surface area (Å²) < 4.78 is 41.9. The SMILES string of the molecule is CCOC(=O)c1c(CS(=O)(=O)c2ccccc2)cc(OC)c(I)c1OC. The van der Waals surface area contributed by atoms with Crippen LogP contribution in [-0.4, -0.2) is 35.2 Å². The molecule has 0 heterocycles. The zero-order valence-electron chi connectivity index (χ0n) is 14.6. The van der Waals surface area contributed by atoms with Crippen LogP contribution in [0.3, 0.4) is 0 Å². The van der Waals surface area contributed by atoms with Crippen molar-refractivity contribution in [1.82, 2.24) is 0 Å². The number of halogens is 1. The van der Waals surface area contributed by atoms with Crippen LogP contribution in [0.4, 0.5) is 0 Å². The minimum absolute atomic E-state index is 0.0963. The highest BCUT2D eigenvalue weighted by atomic mass is 127. The van der Waals surface area contributed by atoms with Crippen molar-refractivity contribution in [1.29, 1.82) is 0 Å². The Bertz CT molecular complexity index is 894. The monoisotopic (exact) mass is 490 g/mol. The summed E-state index contributed by atoms with van der Waals surface area (Å²) in [5, 5.41) is 0. The fraction of sp³-hybridized carbons (Fsp3) is 0.278. The largest absolute Gasteiger partial charge is 0.495 e. The normalized spacial score (nSPS) is 11.1. The highest BCUT2D eigenvalue weighted by Crippen LogP contribution is 2.38. The van der Waals surface area contributed by atoms with E-state index in [2.05, 4.69) is 0 Å². The zero-order valence-corrected chi connectivity index (χ0v) is 17.6. The van der Waals surface area contributed by atoms with Gasteiger partial charge in [-0.1, -0.05) is 18.2 Å². The minimum atomic E-state index is -3.67. The van der Waals surface area contributed by atoms with Gasteiger partial charge in [0, 0.05) is 0 Å². The van der Waals surface area contributed by atoms with Crippen LogP contribution in [0, 0.1) is 3.57 Å². The third kappa shape index (κ3) is 4.29. The number of esters is 1. The molecule has 2 rings (SSSR count). The van der Waals surface area contributed by atoms with E-state index in [9.17, 15) is 13.2 Å². The molecule has 0 bridgehead atoms. The van der Waals surface area contributed by atoms with Gasteiger partial charge in [0.1, 0.15) is 11.3 Å². The van der Waals surface area contributed by atoms with Crippen LogP contribution in [-0.2, 0) is 20.3 Å². The molecule has 2 aromatic rings. The molecule has 0 aromatic heterocycles. The number of methoxy groups -OCH3 is 2. The van der Waals surface area contributed by atoms with Crippen molar-refractivity contribution < 1.29 is 27.4 Å². The summed E-state index contributed by atoms with van der Waals surface area (Å²) in [7, 11) is -0.788. The van der Waals surface area contributed by atoms with E-state index in [1.54, 1.807) is 25.1 Å². The fourth-order valence-corrected chi connectivity index (χ4v) is 4.70. The quantitative estimate of drug-likeness (QED) is 0.437. The molecule has 2 aromatic carbocycles. The molecule has 0 spiro atoms. The molecule has 0 radical (unpaired) electrons. The molecule has 0 aliphatic carbocycles. The van der Waals surface area contributed by atoms with Crippen molar-refractivity contribution in [3.05, 3.63) is 51.1 Å². The Kier molecular flexibility index (Phi) is 6.87. The van der Waals surface area contributed by atoms with Crippen LogP contribution >= 0.6 is 22.6 Å². The molecule has 0 amide bonds. The second-order valence-corrected chi connectivity index (χ2v) is 8.32. The average molecular weight is 490 g/mol. The Morgan fingerprint density at radius 3 is 2.31 bits per heavy atom. The van der Waals surface area contributed by atoms with Gasteiger partial charge in [-0.2, -0.15) is 0 Å². The van der Waals surface area contributed by atoms with Crippen molar-refractivity contribution in [3.63, 3.8) is 0 Å². The van der Waals surface area contributed by atoms with Gasteiger partial charge >= 0.3 is 5.97 Å². The van der Waals surface area contributed by atoms with Crippen LogP contribution in [0.1, 0.15) is 22.8 Å². The van der Waals surface area contributed by atoms with Gasteiger partial charge in [-0.15, -0.1) is 0 Å². The predicted molar refractivity (Wildman–Crippen MR) is 106 cm³/mol. The summed E-state index contributed by atoms with van der Waals surface area (Å²) in [6.07, 6.45) is 0. The van der Waals surface area contributed by atoms with Gasteiger partial charge < -0.3 is 14.2 Å². The van der Waals surface area contributed by atoms with Gasteiger partial charge in [0.25, 0.3) is 0 Å². The van der Waals surface area contributed by atoms with E-state index in [0.717, 1.165) is 0 Å². The number of hydrogen-bond donors (Lipinski definition) is 0. The molecule has 0 aliphatic heterocycles. The molecule has 8 heteroatoms. The summed E-state index contributed by atoms with van der Waals surface area (Å²) in [5.74, 6) is -0.354. The predicted octanol–water partition coefficient (Wildman–Crippen LogP) is 3.46. The van der Waals surface area contributed by atoms with Crippen molar-refractivity contribution in [2.24, 2.45) is 0 Å². The molecular formula is C18H19IO6S. The van der Waals surface area contributed by atoms with Gasteiger partial charge in [-0.05, 0) is 53.3 Å². The summed E-state index contributed by atoms with van der Waals surface area (Å²) >= 11 is 1.99. The summed E-state index contributed by atoms with van der Waals surface area (Å²) in [4.78, 5) is 12.7. The van der Waals surface area contributed by atoms with Crippen LogP contribution in [0.2, 0.25) is 0 Å². The van der Waals surface area contributed by atoms with Gasteiger partial charge in [0.15, 0.2) is 15.6 Å². The Balaban J connectivity index is 2.64. The molecule has 0 aliphatic rings. The highest BCUT2D eigenvalue weighted by molar-refractivity contribution is 14.1. The number of rotatable bonds is 7. The van der Waals surface area contributed by atoms with Crippen molar-refractivity contribution in [2.45, 2.75) is 17.6 Å². The van der Waals surface area contributed by atoms with Crippen molar-refractivity contribution >= 4 is 38.4 Å². The van der Waals surface area contributed by atoms with Crippen LogP contribution in [0.15, 0.2) is 41.3 Å². The van der Waals surface area contributed by atoms with E-state index in [0.29, 0.717) is 9.32 Å². The van der Waals surface area contributed by atoms with Crippen LogP contribution < -0.4 is 9.47 Å². The number of ether oxygens (including phenoxy) is 3. The van der Waals surface area contributed by atoms with Gasteiger partial charge in [-0.25, -0.2) is 13.2 Å². The van der Waals surface area contributed by atoms with Crippen molar-refractivity contribution in [3.8, 4) is 11.5 Å². The van der Waals surface area contributed by atoms with E-state index in [1.807, 2.05) is 22.6 Å². The lowest BCUT2D eigenvalue weighted by atomic mass is 10.1. The number of sulfone groups is 1. The zero-order chi connectivity index (χ0) is 19.3. The molecule has 0 N–H and O–H groups in total. The number of benzene rings is 2. The first-order valence-electron chi connectivity index (χ1n) is 7.74. The van der Waals surface area contributed by atoms with Gasteiger partial charge in [-0.3, -0.25) is 0 Å². The molecule has 0 saturated carbocycles. The number of hydrogen-bond acceptors (Lipinski definition) is 6. The van der Waals surface area contributed by atoms with Crippen molar-refractivity contribution in [2.75, 3.05) is 20.8 Å². The fourth-order valence-electron chi connectivity index (χ4n) is 2.46. The highest BCUT2D eigenvalue weighted by Gasteiger charge is 2.27. The lowest BCUT2D eigenvalue weighted by Gasteiger charge is -2.17. The third-order valence-electron chi connectivity index (χ3n) is 3.62. The Morgan fingerprint density at radius 1 is 1.12 bits per heavy atom. The first-order valence-corrected chi connectivity index (χ1v) is 10.5. The van der Waals surface area contributed by atoms with E-state index in [1.165, 1.54) is 32.4 Å².